The second kappa shape index (κ2) is 6.06. The van der Waals surface area contributed by atoms with Gasteiger partial charge in [-0.25, -0.2) is 0 Å². The van der Waals surface area contributed by atoms with Crippen LogP contribution >= 0.6 is 11.6 Å². The van der Waals surface area contributed by atoms with Crippen molar-refractivity contribution in [3.8, 4) is 0 Å². The van der Waals surface area contributed by atoms with Gasteiger partial charge < -0.3 is 0 Å². The molecular weight excluding hydrogens is 274 g/mol. The van der Waals surface area contributed by atoms with E-state index in [1.54, 1.807) is 36.4 Å². The van der Waals surface area contributed by atoms with Crippen molar-refractivity contribution >= 4 is 17.3 Å². The maximum atomic E-state index is 11.2. The Bertz CT molecular complexity index is 775. The van der Waals surface area contributed by atoms with Crippen LogP contribution in [0.5, 0.6) is 0 Å². The van der Waals surface area contributed by atoms with Crippen LogP contribution in [0.15, 0.2) is 42.5 Å². The molecule has 104 valence electrons. The Morgan fingerprint density at radius 2 is 2.10 bits per heavy atom. The molecule has 1 atom stereocenters. The highest BCUT2D eigenvalue weighted by Gasteiger charge is 2.16. The zero-order chi connectivity index (χ0) is 18.1. The number of hydrogen-bond donors (Lipinski definition) is 0. The summed E-state index contributed by atoms with van der Waals surface area (Å²) in [5, 5.41) is 11.5. The van der Waals surface area contributed by atoms with Gasteiger partial charge in [0.05, 0.1) is 4.92 Å². The Labute approximate surface area is 129 Å². The summed E-state index contributed by atoms with van der Waals surface area (Å²) in [5.41, 5.74) is 1.18. The summed E-state index contributed by atoms with van der Waals surface area (Å²) in [6.45, 7) is -1.19. The zero-order valence-corrected chi connectivity index (χ0v) is 11.6. The van der Waals surface area contributed by atoms with E-state index in [9.17, 15) is 10.1 Å². The molecule has 0 amide bonds. The van der Waals surface area contributed by atoms with Crippen LogP contribution in [0.2, 0.25) is 5.02 Å². The lowest BCUT2D eigenvalue weighted by atomic mass is 9.92. The monoisotopic (exact) mass is 293 g/mol. The van der Waals surface area contributed by atoms with Crippen molar-refractivity contribution in [1.29, 1.82) is 0 Å². The molecular formula is C16H16ClNO2. The van der Waals surface area contributed by atoms with Gasteiger partial charge in [0.25, 0.3) is 5.69 Å². The fraction of sp³-hybridized carbons (Fsp3) is 0.250. The summed E-state index contributed by atoms with van der Waals surface area (Å²) in [5.74, 6) is -1.81. The predicted molar refractivity (Wildman–Crippen MR) is 81.4 cm³/mol. The molecule has 2 aromatic carbocycles. The van der Waals surface area contributed by atoms with E-state index >= 15 is 0 Å². The molecule has 0 aliphatic heterocycles. The predicted octanol–water partition coefficient (Wildman–Crippen LogP) is 4.96. The SMILES string of the molecule is [2H]C([2H])([2H])C([2H])(C)c1ccccc1Cc1ccc(Cl)cc1[N+](=O)[O-]. The number of halogens is 1. The number of rotatable bonds is 4. The molecule has 1 unspecified atom stereocenters. The molecule has 0 fully saturated rings. The molecule has 0 saturated carbocycles. The van der Waals surface area contributed by atoms with Crippen LogP contribution in [0.4, 0.5) is 5.69 Å². The zero-order valence-electron chi connectivity index (χ0n) is 14.9. The first kappa shape index (κ1) is 9.94. The highest BCUT2D eigenvalue weighted by atomic mass is 35.5. The van der Waals surface area contributed by atoms with Crippen LogP contribution in [0.25, 0.3) is 0 Å². The van der Waals surface area contributed by atoms with Crippen molar-refractivity contribution in [2.24, 2.45) is 0 Å². The van der Waals surface area contributed by atoms with Crippen molar-refractivity contribution in [3.05, 3.63) is 74.3 Å². The van der Waals surface area contributed by atoms with Crippen LogP contribution in [-0.2, 0) is 6.42 Å². The quantitative estimate of drug-likeness (QED) is 0.590. The van der Waals surface area contributed by atoms with Crippen LogP contribution in [0, 0.1) is 10.1 Å². The minimum absolute atomic E-state index is 0.127. The average molecular weight is 294 g/mol. The summed E-state index contributed by atoms with van der Waals surface area (Å²) >= 11 is 5.82. The third-order valence-corrected chi connectivity index (χ3v) is 3.28. The average Bonchev–Trinajstić information content (AvgIpc) is 2.48. The Balaban J connectivity index is 2.52. The molecule has 0 heterocycles. The van der Waals surface area contributed by atoms with E-state index in [0.29, 0.717) is 16.7 Å². The lowest BCUT2D eigenvalue weighted by Gasteiger charge is -2.12. The molecule has 0 radical (unpaired) electrons. The van der Waals surface area contributed by atoms with Gasteiger partial charge in [-0.2, -0.15) is 0 Å². The molecule has 4 heteroatoms. The van der Waals surface area contributed by atoms with E-state index in [-0.39, 0.29) is 17.1 Å². The molecule has 2 rings (SSSR count). The summed E-state index contributed by atoms with van der Waals surface area (Å²) in [7, 11) is 0. The minimum atomic E-state index is -2.52. The van der Waals surface area contributed by atoms with Gasteiger partial charge in [-0.05, 0) is 23.1 Å². The van der Waals surface area contributed by atoms with Crippen LogP contribution in [0.3, 0.4) is 0 Å². The first-order valence-electron chi connectivity index (χ1n) is 8.05. The van der Waals surface area contributed by atoms with Gasteiger partial charge in [-0.15, -0.1) is 0 Å². The lowest BCUT2D eigenvalue weighted by molar-refractivity contribution is -0.385. The maximum Gasteiger partial charge on any atom is 0.274 e. The smallest absolute Gasteiger partial charge is 0.258 e. The van der Waals surface area contributed by atoms with Crippen LogP contribution in [-0.4, -0.2) is 4.92 Å². The number of nitro benzene ring substituents is 1. The normalized spacial score (nSPS) is 17.3. The van der Waals surface area contributed by atoms with Crippen LogP contribution in [0.1, 0.15) is 41.8 Å². The molecule has 0 bridgehead atoms. The van der Waals surface area contributed by atoms with Gasteiger partial charge in [0.1, 0.15) is 0 Å². The number of hydrogen-bond acceptors (Lipinski definition) is 2. The third kappa shape index (κ3) is 3.17. The molecule has 3 nitrogen and oxygen atoms in total. The summed E-state index contributed by atoms with van der Waals surface area (Å²) in [6, 6.07) is 11.0. The lowest BCUT2D eigenvalue weighted by Crippen LogP contribution is -2.00. The molecule has 20 heavy (non-hydrogen) atoms. The van der Waals surface area contributed by atoms with Gasteiger partial charge in [-0.1, -0.05) is 55.7 Å². The van der Waals surface area contributed by atoms with Gasteiger partial charge in [0.2, 0.25) is 0 Å². The fourth-order valence-corrected chi connectivity index (χ4v) is 2.27. The van der Waals surface area contributed by atoms with E-state index in [2.05, 4.69) is 0 Å². The van der Waals surface area contributed by atoms with E-state index in [1.165, 1.54) is 13.0 Å². The topological polar surface area (TPSA) is 43.1 Å². The summed E-state index contributed by atoms with van der Waals surface area (Å²) in [6.07, 6.45) is 0.147. The van der Waals surface area contributed by atoms with Crippen molar-refractivity contribution in [1.82, 2.24) is 0 Å². The molecule has 2 aromatic rings. The highest BCUT2D eigenvalue weighted by Crippen LogP contribution is 2.28. The van der Waals surface area contributed by atoms with E-state index < -0.39 is 17.7 Å². The Kier molecular flexibility index (Phi) is 3.01. The van der Waals surface area contributed by atoms with E-state index in [1.807, 2.05) is 0 Å². The summed E-state index contributed by atoms with van der Waals surface area (Å²) in [4.78, 5) is 10.7. The molecule has 0 aliphatic carbocycles. The highest BCUT2D eigenvalue weighted by molar-refractivity contribution is 6.30. The van der Waals surface area contributed by atoms with E-state index in [4.69, 9.17) is 17.1 Å². The van der Waals surface area contributed by atoms with Crippen molar-refractivity contribution in [2.45, 2.75) is 26.1 Å². The molecule has 0 aromatic heterocycles. The van der Waals surface area contributed by atoms with Crippen LogP contribution < -0.4 is 0 Å². The third-order valence-electron chi connectivity index (χ3n) is 3.05. The Hall–Kier alpha value is -1.87. The van der Waals surface area contributed by atoms with Gasteiger partial charge in [0, 0.05) is 28.6 Å². The number of nitro groups is 1. The van der Waals surface area contributed by atoms with Crippen molar-refractivity contribution in [3.63, 3.8) is 0 Å². The minimum Gasteiger partial charge on any atom is -0.258 e. The number of nitrogens with zero attached hydrogens (tertiary/aromatic N) is 1. The van der Waals surface area contributed by atoms with E-state index in [0.717, 1.165) is 0 Å². The maximum absolute atomic E-state index is 11.2. The molecule has 0 aliphatic rings. The first-order chi connectivity index (χ1) is 11.0. The Morgan fingerprint density at radius 1 is 1.35 bits per heavy atom. The largest absolute Gasteiger partial charge is 0.274 e. The number of benzene rings is 2. The standard InChI is InChI=1S/C16H16ClNO2/c1-11(2)15-6-4-3-5-12(15)9-13-7-8-14(17)10-16(13)18(19)20/h3-8,10-11H,9H2,1-2H3/i1D3,11D. The summed E-state index contributed by atoms with van der Waals surface area (Å²) < 4.78 is 31.1. The fourth-order valence-electron chi connectivity index (χ4n) is 2.10. The molecule has 0 spiro atoms. The van der Waals surface area contributed by atoms with Gasteiger partial charge in [-0.3, -0.25) is 10.1 Å². The van der Waals surface area contributed by atoms with Crippen molar-refractivity contribution < 1.29 is 10.4 Å². The molecule has 0 N–H and O–H groups in total. The molecule has 0 saturated heterocycles. The second-order valence-electron chi connectivity index (χ2n) is 4.49. The van der Waals surface area contributed by atoms with Gasteiger partial charge >= 0.3 is 0 Å². The van der Waals surface area contributed by atoms with Gasteiger partial charge in [0.15, 0.2) is 0 Å². The van der Waals surface area contributed by atoms with Crippen molar-refractivity contribution in [2.75, 3.05) is 0 Å². The first-order valence-corrected chi connectivity index (χ1v) is 6.43. The second-order valence-corrected chi connectivity index (χ2v) is 4.93. The Morgan fingerprint density at radius 3 is 2.80 bits per heavy atom.